The smallest absolute Gasteiger partial charge is 0.252 e. The Balaban J connectivity index is 1.35. The Morgan fingerprint density at radius 1 is 1.05 bits per heavy atom. The average molecular weight is 655 g/mol. The zero-order valence-electron chi connectivity index (χ0n) is 23.3. The van der Waals surface area contributed by atoms with Crippen molar-refractivity contribution in [1.82, 2.24) is 25.8 Å². The molecule has 218 valence electrons. The van der Waals surface area contributed by atoms with Crippen molar-refractivity contribution in [2.75, 3.05) is 40.3 Å². The molecule has 0 bridgehead atoms. The van der Waals surface area contributed by atoms with Crippen molar-refractivity contribution in [2.45, 2.75) is 58.2 Å². The molecule has 0 unspecified atom stereocenters. The third-order valence-electron chi connectivity index (χ3n) is 8.07. The lowest BCUT2D eigenvalue weighted by molar-refractivity contribution is -0.132. The van der Waals surface area contributed by atoms with Gasteiger partial charge in [-0.2, -0.15) is 0 Å². The average Bonchev–Trinajstić information content (AvgIpc) is 3.47. The van der Waals surface area contributed by atoms with E-state index in [0.717, 1.165) is 53.5 Å². The number of amides is 3. The molecule has 3 N–H and O–H groups in total. The number of nitrogens with one attached hydrogen (secondary N) is 3. The third kappa shape index (κ3) is 7.48. The van der Waals surface area contributed by atoms with Crippen molar-refractivity contribution in [2.24, 2.45) is 5.92 Å². The van der Waals surface area contributed by atoms with Crippen LogP contribution in [-0.4, -0.2) is 73.8 Å². The van der Waals surface area contributed by atoms with Crippen molar-refractivity contribution in [3.05, 3.63) is 54.5 Å². The fourth-order valence-corrected chi connectivity index (χ4v) is 6.69. The van der Waals surface area contributed by atoms with Crippen LogP contribution >= 0.6 is 39.1 Å². The highest BCUT2D eigenvalue weighted by atomic mass is 79.9. The van der Waals surface area contributed by atoms with Crippen LogP contribution in [-0.2, 0) is 17.9 Å². The van der Waals surface area contributed by atoms with E-state index in [9.17, 15) is 14.4 Å². The Kier molecular flexibility index (Phi) is 10.7. The Hall–Kier alpha value is -1.91. The first-order chi connectivity index (χ1) is 19.1. The number of carbonyl (C=O) groups is 3. The number of fused-ring (bicyclic) bond motifs is 1. The molecule has 1 aromatic carbocycles. The first-order valence-electron chi connectivity index (χ1n) is 13.8. The number of piperidine rings is 1. The van der Waals surface area contributed by atoms with Crippen molar-refractivity contribution >= 4 is 56.9 Å². The van der Waals surface area contributed by atoms with Crippen molar-refractivity contribution in [1.29, 1.82) is 0 Å². The summed E-state index contributed by atoms with van der Waals surface area (Å²) in [6, 6.07) is 3.47. The maximum absolute atomic E-state index is 13.2. The van der Waals surface area contributed by atoms with Gasteiger partial charge in [0.1, 0.15) is 0 Å². The van der Waals surface area contributed by atoms with Crippen molar-refractivity contribution in [3.8, 4) is 0 Å². The van der Waals surface area contributed by atoms with E-state index in [2.05, 4.69) is 43.8 Å². The van der Waals surface area contributed by atoms with Gasteiger partial charge in [-0.3, -0.25) is 14.4 Å². The minimum Gasteiger partial charge on any atom is -0.355 e. The molecular weight excluding hydrogens is 617 g/mol. The second kappa shape index (κ2) is 13.8. The summed E-state index contributed by atoms with van der Waals surface area (Å²) in [5, 5.41) is 10.3. The van der Waals surface area contributed by atoms with Crippen LogP contribution in [0.25, 0.3) is 0 Å². The fourth-order valence-electron chi connectivity index (χ4n) is 5.44. The van der Waals surface area contributed by atoms with E-state index in [0.29, 0.717) is 66.1 Å². The summed E-state index contributed by atoms with van der Waals surface area (Å²) < 4.78 is 0.811. The third-order valence-corrected chi connectivity index (χ3v) is 9.94. The molecule has 0 radical (unpaired) electrons. The number of carbonyl (C=O) groups excluding carboxylic acids is 3. The topological polar surface area (TPSA) is 93.8 Å². The number of halogens is 3. The van der Waals surface area contributed by atoms with Gasteiger partial charge in [-0.05, 0) is 97.0 Å². The Bertz CT molecular complexity index is 1230. The lowest BCUT2D eigenvalue weighted by atomic mass is 9.92. The van der Waals surface area contributed by atoms with Gasteiger partial charge in [-0.1, -0.05) is 23.2 Å². The normalized spacial score (nSPS) is 18.8. The van der Waals surface area contributed by atoms with Crippen LogP contribution in [0.15, 0.2) is 32.3 Å². The second-order valence-corrected chi connectivity index (χ2v) is 12.8. The highest BCUT2D eigenvalue weighted by Gasteiger charge is 2.29. The largest absolute Gasteiger partial charge is 0.355 e. The van der Waals surface area contributed by atoms with E-state index < -0.39 is 0 Å². The van der Waals surface area contributed by atoms with Gasteiger partial charge in [0.2, 0.25) is 5.91 Å². The number of rotatable bonds is 10. The lowest BCUT2D eigenvalue weighted by Gasteiger charge is -2.29. The molecule has 0 spiro atoms. The van der Waals surface area contributed by atoms with Gasteiger partial charge in [0, 0.05) is 66.7 Å². The van der Waals surface area contributed by atoms with Crippen LogP contribution in [0.4, 0.5) is 0 Å². The van der Waals surface area contributed by atoms with Gasteiger partial charge in [-0.25, -0.2) is 0 Å². The standard InChI is InChI=1S/C29H38BrCl2N5O3/c1-17(34-14-23-24(31)12-25(32)27(23)30)13-35-29(40)22-11-20-16-37(15-19(20)10-21(22)28(39)33-2)26(38)5-4-18-6-8-36(3)9-7-18/h10-11,17-18,34H,4-9,12-16H2,1-3H3,(H,33,39)(H,35,40)/t17-/m1/s1. The molecule has 3 amide bonds. The van der Waals surface area contributed by atoms with E-state index in [1.54, 1.807) is 19.2 Å². The summed E-state index contributed by atoms with van der Waals surface area (Å²) in [5.74, 6) is 0.0643. The van der Waals surface area contributed by atoms with Crippen LogP contribution in [0.2, 0.25) is 0 Å². The molecule has 11 heteroatoms. The summed E-state index contributed by atoms with van der Waals surface area (Å²) in [5.41, 5.74) is 3.36. The maximum Gasteiger partial charge on any atom is 0.252 e. The van der Waals surface area contributed by atoms with Crippen LogP contribution in [0.3, 0.4) is 0 Å². The predicted octanol–water partition coefficient (Wildman–Crippen LogP) is 4.46. The highest BCUT2D eigenvalue weighted by molar-refractivity contribution is 9.12. The molecular formula is C29H38BrCl2N5O3. The van der Waals surface area contributed by atoms with E-state index in [4.69, 9.17) is 23.2 Å². The molecule has 2 heterocycles. The summed E-state index contributed by atoms with van der Waals surface area (Å²) in [7, 11) is 3.69. The predicted molar refractivity (Wildman–Crippen MR) is 163 cm³/mol. The molecule has 0 aromatic heterocycles. The molecule has 1 aliphatic carbocycles. The molecule has 1 fully saturated rings. The van der Waals surface area contributed by atoms with Crippen molar-refractivity contribution in [3.63, 3.8) is 0 Å². The van der Waals surface area contributed by atoms with Gasteiger partial charge >= 0.3 is 0 Å². The lowest BCUT2D eigenvalue weighted by Crippen LogP contribution is -2.40. The van der Waals surface area contributed by atoms with E-state index in [-0.39, 0.29) is 23.8 Å². The number of likely N-dealkylation sites (tertiary alicyclic amines) is 1. The number of hydrogen-bond acceptors (Lipinski definition) is 5. The summed E-state index contributed by atoms with van der Waals surface area (Å²) >= 11 is 16.0. The van der Waals surface area contributed by atoms with E-state index in [1.807, 2.05) is 11.8 Å². The first kappa shape index (κ1) is 31.0. The Labute approximate surface area is 255 Å². The van der Waals surface area contributed by atoms with Crippen LogP contribution in [0.1, 0.15) is 70.9 Å². The zero-order chi connectivity index (χ0) is 29.0. The van der Waals surface area contributed by atoms with Crippen LogP contribution < -0.4 is 16.0 Å². The van der Waals surface area contributed by atoms with Crippen LogP contribution in [0, 0.1) is 5.92 Å². The second-order valence-electron chi connectivity index (χ2n) is 11.1. The SMILES string of the molecule is CNC(=O)c1cc2c(cc1C(=O)NC[C@@H](C)NCC1=C(Cl)CC(Cl)=C1Br)CN(C(=O)CCC1CCN(C)CC1)C2. The number of nitrogens with zero attached hydrogens (tertiary/aromatic N) is 2. The van der Waals surface area contributed by atoms with Crippen LogP contribution in [0.5, 0.6) is 0 Å². The quantitative estimate of drug-likeness (QED) is 0.347. The van der Waals surface area contributed by atoms with E-state index in [1.165, 1.54) is 0 Å². The van der Waals surface area contributed by atoms with Gasteiger partial charge in [0.15, 0.2) is 0 Å². The van der Waals surface area contributed by atoms with Gasteiger partial charge in [-0.15, -0.1) is 0 Å². The zero-order valence-corrected chi connectivity index (χ0v) is 26.4. The monoisotopic (exact) mass is 653 g/mol. The molecule has 1 aromatic rings. The minimum atomic E-state index is -0.331. The number of allylic oxidation sites excluding steroid dienone is 2. The van der Waals surface area contributed by atoms with Gasteiger partial charge in [0.25, 0.3) is 11.8 Å². The molecule has 1 saturated heterocycles. The molecule has 4 rings (SSSR count). The van der Waals surface area contributed by atoms with Crippen molar-refractivity contribution < 1.29 is 14.4 Å². The highest BCUT2D eigenvalue weighted by Crippen LogP contribution is 2.39. The molecule has 0 saturated carbocycles. The molecule has 8 nitrogen and oxygen atoms in total. The summed E-state index contributed by atoms with van der Waals surface area (Å²) in [4.78, 5) is 43.2. The molecule has 3 aliphatic rings. The Morgan fingerprint density at radius 2 is 1.68 bits per heavy atom. The molecule has 2 aliphatic heterocycles. The van der Waals surface area contributed by atoms with E-state index >= 15 is 0 Å². The number of benzene rings is 1. The minimum absolute atomic E-state index is 0.0591. The first-order valence-corrected chi connectivity index (χ1v) is 15.4. The van der Waals surface area contributed by atoms with Gasteiger partial charge < -0.3 is 25.8 Å². The molecule has 1 atom stereocenters. The summed E-state index contributed by atoms with van der Waals surface area (Å²) in [6.45, 7) is 5.91. The maximum atomic E-state index is 13.2. The number of hydrogen-bond donors (Lipinski definition) is 3. The fraction of sp³-hybridized carbons (Fsp3) is 0.552. The molecule has 40 heavy (non-hydrogen) atoms. The van der Waals surface area contributed by atoms with Gasteiger partial charge in [0.05, 0.1) is 11.1 Å². The Morgan fingerprint density at radius 3 is 2.25 bits per heavy atom. The summed E-state index contributed by atoms with van der Waals surface area (Å²) in [6.07, 6.45) is 4.24.